The summed E-state index contributed by atoms with van der Waals surface area (Å²) in [7, 11) is 0. The van der Waals surface area contributed by atoms with E-state index in [1.807, 2.05) is 63.2 Å². The second-order valence-electron chi connectivity index (χ2n) is 6.51. The predicted octanol–water partition coefficient (Wildman–Crippen LogP) is 3.47. The Morgan fingerprint density at radius 2 is 1.58 bits per heavy atom. The largest absolute Gasteiger partial charge is 0.324 e. The lowest BCUT2D eigenvalue weighted by Gasteiger charge is -2.10. The number of anilines is 1. The number of rotatable bonds is 4. The van der Waals surface area contributed by atoms with Gasteiger partial charge in [-0.1, -0.05) is 35.9 Å². The fourth-order valence-electron chi connectivity index (χ4n) is 2.82. The molecule has 0 bridgehead atoms. The van der Waals surface area contributed by atoms with E-state index in [0.29, 0.717) is 5.69 Å². The zero-order valence-electron chi connectivity index (χ0n) is 15.1. The van der Waals surface area contributed by atoms with Crippen molar-refractivity contribution in [3.63, 3.8) is 0 Å². The van der Waals surface area contributed by atoms with Crippen LogP contribution in [-0.2, 0) is 11.3 Å². The highest BCUT2D eigenvalue weighted by atomic mass is 16.2. The molecular formula is C21H21N3O2. The van der Waals surface area contributed by atoms with E-state index in [1.165, 1.54) is 10.7 Å². The summed E-state index contributed by atoms with van der Waals surface area (Å²) in [5, 5.41) is 7.16. The van der Waals surface area contributed by atoms with Gasteiger partial charge in [0.2, 0.25) is 5.91 Å². The van der Waals surface area contributed by atoms with Crippen LogP contribution in [0, 0.1) is 20.8 Å². The number of amides is 1. The minimum absolute atomic E-state index is 0.133. The van der Waals surface area contributed by atoms with Gasteiger partial charge in [0.25, 0.3) is 5.56 Å². The maximum Gasteiger partial charge on any atom is 0.267 e. The zero-order valence-corrected chi connectivity index (χ0v) is 15.1. The molecule has 0 saturated heterocycles. The molecule has 0 radical (unpaired) electrons. The van der Waals surface area contributed by atoms with Gasteiger partial charge in [-0.15, -0.1) is 0 Å². The molecule has 1 N–H and O–H groups in total. The van der Waals surface area contributed by atoms with Crippen LogP contribution in [0.25, 0.3) is 11.3 Å². The van der Waals surface area contributed by atoms with Crippen LogP contribution in [0.3, 0.4) is 0 Å². The molecule has 0 aliphatic heterocycles. The van der Waals surface area contributed by atoms with E-state index >= 15 is 0 Å². The number of aryl methyl sites for hydroxylation is 3. The molecule has 0 aliphatic rings. The van der Waals surface area contributed by atoms with E-state index in [0.717, 1.165) is 27.9 Å². The maximum atomic E-state index is 12.3. The lowest BCUT2D eigenvalue weighted by atomic mass is 10.1. The van der Waals surface area contributed by atoms with E-state index in [4.69, 9.17) is 0 Å². The van der Waals surface area contributed by atoms with Crippen molar-refractivity contribution < 1.29 is 4.79 Å². The van der Waals surface area contributed by atoms with E-state index < -0.39 is 0 Å². The summed E-state index contributed by atoms with van der Waals surface area (Å²) < 4.78 is 1.19. The molecule has 0 aliphatic carbocycles. The molecule has 5 heteroatoms. The highest BCUT2D eigenvalue weighted by Crippen LogP contribution is 2.16. The zero-order chi connectivity index (χ0) is 18.7. The Morgan fingerprint density at radius 1 is 0.923 bits per heavy atom. The topological polar surface area (TPSA) is 64.0 Å². The second kappa shape index (κ2) is 7.35. The fourth-order valence-corrected chi connectivity index (χ4v) is 2.82. The first-order chi connectivity index (χ1) is 12.4. The van der Waals surface area contributed by atoms with Gasteiger partial charge in [0.05, 0.1) is 5.69 Å². The minimum atomic E-state index is -0.309. The number of nitrogens with zero attached hydrogens (tertiary/aromatic N) is 2. The SMILES string of the molecule is Cc1ccc(-c2ccc(=O)n(CC(=O)Nc3cc(C)cc(C)c3)n2)cc1. The first-order valence-electron chi connectivity index (χ1n) is 8.44. The highest BCUT2D eigenvalue weighted by molar-refractivity contribution is 5.90. The van der Waals surface area contributed by atoms with Crippen molar-refractivity contribution in [1.82, 2.24) is 9.78 Å². The lowest BCUT2D eigenvalue weighted by Crippen LogP contribution is -2.29. The summed E-state index contributed by atoms with van der Waals surface area (Å²) in [6.45, 7) is 5.82. The molecule has 3 rings (SSSR count). The summed E-state index contributed by atoms with van der Waals surface area (Å²) in [5.74, 6) is -0.286. The molecule has 1 amide bonds. The first-order valence-corrected chi connectivity index (χ1v) is 8.44. The standard InChI is InChI=1S/C21H21N3O2/c1-14-4-6-17(7-5-14)19-8-9-21(26)24(23-19)13-20(25)22-18-11-15(2)10-16(3)12-18/h4-12H,13H2,1-3H3,(H,22,25). The highest BCUT2D eigenvalue weighted by Gasteiger charge is 2.09. The van der Waals surface area contributed by atoms with Crippen LogP contribution in [0.2, 0.25) is 0 Å². The van der Waals surface area contributed by atoms with Crippen LogP contribution in [0.4, 0.5) is 5.69 Å². The summed E-state index contributed by atoms with van der Waals surface area (Å²) >= 11 is 0. The van der Waals surface area contributed by atoms with Crippen molar-refractivity contribution in [3.8, 4) is 11.3 Å². The van der Waals surface area contributed by atoms with Gasteiger partial charge in [0, 0.05) is 17.3 Å². The summed E-state index contributed by atoms with van der Waals surface area (Å²) in [5.41, 5.74) is 5.25. The van der Waals surface area contributed by atoms with Crippen molar-refractivity contribution in [2.45, 2.75) is 27.3 Å². The Morgan fingerprint density at radius 3 is 2.23 bits per heavy atom. The quantitative estimate of drug-likeness (QED) is 0.786. The van der Waals surface area contributed by atoms with Crippen molar-refractivity contribution in [3.05, 3.63) is 81.6 Å². The van der Waals surface area contributed by atoms with Crippen LogP contribution in [0.15, 0.2) is 59.4 Å². The van der Waals surface area contributed by atoms with Gasteiger partial charge in [-0.25, -0.2) is 4.68 Å². The van der Waals surface area contributed by atoms with Gasteiger partial charge >= 0.3 is 0 Å². The van der Waals surface area contributed by atoms with E-state index in [1.54, 1.807) is 6.07 Å². The smallest absolute Gasteiger partial charge is 0.267 e. The Kier molecular flexibility index (Phi) is 4.98. The molecule has 0 atom stereocenters. The third-order valence-electron chi connectivity index (χ3n) is 4.01. The number of hydrogen-bond donors (Lipinski definition) is 1. The number of aromatic nitrogens is 2. The van der Waals surface area contributed by atoms with Crippen molar-refractivity contribution in [1.29, 1.82) is 0 Å². The van der Waals surface area contributed by atoms with Crippen LogP contribution >= 0.6 is 0 Å². The molecule has 5 nitrogen and oxygen atoms in total. The normalized spacial score (nSPS) is 10.6. The van der Waals surface area contributed by atoms with Gasteiger partial charge < -0.3 is 5.32 Å². The van der Waals surface area contributed by atoms with Gasteiger partial charge in [-0.3, -0.25) is 9.59 Å². The van der Waals surface area contributed by atoms with Crippen LogP contribution in [-0.4, -0.2) is 15.7 Å². The van der Waals surface area contributed by atoms with Crippen LogP contribution in [0.5, 0.6) is 0 Å². The fraction of sp³-hybridized carbons (Fsp3) is 0.190. The Bertz CT molecular complexity index is 984. The van der Waals surface area contributed by atoms with Crippen molar-refractivity contribution in [2.24, 2.45) is 0 Å². The first kappa shape index (κ1) is 17.6. The van der Waals surface area contributed by atoms with Crippen molar-refractivity contribution >= 4 is 11.6 Å². The number of carbonyl (C=O) groups is 1. The predicted molar refractivity (Wildman–Crippen MR) is 103 cm³/mol. The Labute approximate surface area is 152 Å². The molecule has 0 unspecified atom stereocenters. The minimum Gasteiger partial charge on any atom is -0.324 e. The molecule has 1 aromatic heterocycles. The van der Waals surface area contributed by atoms with Crippen LogP contribution in [0.1, 0.15) is 16.7 Å². The summed E-state index contributed by atoms with van der Waals surface area (Å²) in [6, 6.07) is 16.8. The second-order valence-corrected chi connectivity index (χ2v) is 6.51. The van der Waals surface area contributed by atoms with Crippen LogP contribution < -0.4 is 10.9 Å². The number of carbonyl (C=O) groups excluding carboxylic acids is 1. The number of benzene rings is 2. The van der Waals surface area contributed by atoms with Crippen molar-refractivity contribution in [2.75, 3.05) is 5.32 Å². The van der Waals surface area contributed by atoms with E-state index in [-0.39, 0.29) is 18.0 Å². The average molecular weight is 347 g/mol. The average Bonchev–Trinajstić information content (AvgIpc) is 2.56. The molecule has 1 heterocycles. The summed E-state index contributed by atoms with van der Waals surface area (Å²) in [6.07, 6.45) is 0. The molecule has 2 aromatic carbocycles. The van der Waals surface area contributed by atoms with Gasteiger partial charge in [0.1, 0.15) is 6.54 Å². The summed E-state index contributed by atoms with van der Waals surface area (Å²) in [4.78, 5) is 24.4. The molecular weight excluding hydrogens is 326 g/mol. The molecule has 26 heavy (non-hydrogen) atoms. The molecule has 0 spiro atoms. The molecule has 0 fully saturated rings. The van der Waals surface area contributed by atoms with E-state index in [2.05, 4.69) is 10.4 Å². The third kappa shape index (κ3) is 4.25. The maximum absolute atomic E-state index is 12.3. The monoisotopic (exact) mass is 347 g/mol. The number of hydrogen-bond acceptors (Lipinski definition) is 3. The Balaban J connectivity index is 1.80. The number of nitrogens with one attached hydrogen (secondary N) is 1. The molecule has 0 saturated carbocycles. The Hall–Kier alpha value is -3.21. The van der Waals surface area contributed by atoms with E-state index in [9.17, 15) is 9.59 Å². The van der Waals surface area contributed by atoms with Gasteiger partial charge in [-0.05, 0) is 50.1 Å². The van der Waals surface area contributed by atoms with Gasteiger partial charge in [-0.2, -0.15) is 5.10 Å². The molecule has 132 valence electrons. The lowest BCUT2D eigenvalue weighted by molar-refractivity contribution is -0.117. The van der Waals surface area contributed by atoms with Gasteiger partial charge in [0.15, 0.2) is 0 Å². The third-order valence-corrected chi connectivity index (χ3v) is 4.01. The molecule has 3 aromatic rings.